The van der Waals surface area contributed by atoms with Crippen molar-refractivity contribution in [1.29, 1.82) is 0 Å². The lowest BCUT2D eigenvalue weighted by Crippen LogP contribution is -2.13. The van der Waals surface area contributed by atoms with E-state index in [0.29, 0.717) is 17.3 Å². The Kier molecular flexibility index (Phi) is 5.18. The topological polar surface area (TPSA) is 61.5 Å². The van der Waals surface area contributed by atoms with Crippen LogP contribution in [0.15, 0.2) is 83.1 Å². The second kappa shape index (κ2) is 8.28. The number of fused-ring (bicyclic) bond motifs is 1. The minimum atomic E-state index is 0.640. The molecule has 0 aliphatic carbocycles. The van der Waals surface area contributed by atoms with E-state index < -0.39 is 0 Å². The Hall–Kier alpha value is -3.58. The molecule has 0 radical (unpaired) electrons. The first-order valence-corrected chi connectivity index (χ1v) is 10.8. The molecule has 31 heavy (non-hydrogen) atoms. The minimum Gasteiger partial charge on any atom is -0.493 e. The van der Waals surface area contributed by atoms with E-state index in [1.807, 2.05) is 36.4 Å². The van der Waals surface area contributed by atoms with E-state index >= 15 is 0 Å². The Morgan fingerprint density at radius 3 is 2.16 bits per heavy atom. The average molecular weight is 429 g/mol. The molecular weight excluding hydrogens is 408 g/mol. The summed E-state index contributed by atoms with van der Waals surface area (Å²) in [7, 11) is 3.23. The number of aromatic nitrogens is 3. The number of hydrogen-bond acceptors (Lipinski definition) is 6. The van der Waals surface area contributed by atoms with Gasteiger partial charge in [-0.05, 0) is 34.9 Å². The summed E-state index contributed by atoms with van der Waals surface area (Å²) < 4.78 is 12.6. The Labute approximate surface area is 184 Å². The van der Waals surface area contributed by atoms with Crippen molar-refractivity contribution in [3.05, 3.63) is 78.4 Å². The number of ether oxygens (including phenoxy) is 2. The molecule has 0 N–H and O–H groups in total. The van der Waals surface area contributed by atoms with Crippen LogP contribution in [0.2, 0.25) is 0 Å². The van der Waals surface area contributed by atoms with Crippen molar-refractivity contribution in [2.24, 2.45) is 5.10 Å². The van der Waals surface area contributed by atoms with Gasteiger partial charge in [-0.15, -0.1) is 10.2 Å². The van der Waals surface area contributed by atoms with E-state index in [-0.39, 0.29) is 0 Å². The molecular formula is C24H20N4O2S. The second-order valence-electron chi connectivity index (χ2n) is 6.97. The summed E-state index contributed by atoms with van der Waals surface area (Å²) in [6.07, 6.45) is 0. The van der Waals surface area contributed by atoms with Crippen LogP contribution in [0.1, 0.15) is 5.56 Å². The number of methoxy groups -OCH3 is 2. The summed E-state index contributed by atoms with van der Waals surface area (Å²) in [4.78, 5) is 0. The maximum absolute atomic E-state index is 5.43. The van der Waals surface area contributed by atoms with Gasteiger partial charge >= 0.3 is 0 Å². The molecule has 154 valence electrons. The van der Waals surface area contributed by atoms with Gasteiger partial charge in [-0.3, -0.25) is 0 Å². The van der Waals surface area contributed by atoms with Crippen LogP contribution in [-0.2, 0) is 0 Å². The Balaban J connectivity index is 1.49. The number of nitrogens with zero attached hydrogens (tertiary/aromatic N) is 4. The van der Waals surface area contributed by atoms with Crippen LogP contribution in [0.3, 0.4) is 0 Å². The molecule has 0 atom stereocenters. The Bertz CT molecular complexity index is 1250. The van der Waals surface area contributed by atoms with Crippen molar-refractivity contribution >= 4 is 17.5 Å². The van der Waals surface area contributed by atoms with Crippen molar-refractivity contribution in [2.75, 3.05) is 20.0 Å². The third-order valence-electron chi connectivity index (χ3n) is 5.14. The highest BCUT2D eigenvalue weighted by atomic mass is 32.2. The van der Waals surface area contributed by atoms with Crippen LogP contribution < -0.4 is 9.47 Å². The standard InChI is InChI=1S/C24H20N4O2S/c1-29-21-13-12-19(14-22(21)30-2)23-25-26-24-28(23)27-20(15-31-24)18-10-8-17(9-11-18)16-6-4-3-5-7-16/h3-14H,15H2,1-2H3. The maximum atomic E-state index is 5.43. The van der Waals surface area contributed by atoms with Crippen LogP contribution in [-0.4, -0.2) is 40.6 Å². The fraction of sp³-hybridized carbons (Fsp3) is 0.125. The van der Waals surface area contributed by atoms with E-state index in [1.54, 1.807) is 30.7 Å². The summed E-state index contributed by atoms with van der Waals surface area (Å²) in [6, 6.07) is 24.5. The first kappa shape index (κ1) is 19.4. The normalized spacial score (nSPS) is 12.8. The van der Waals surface area contributed by atoms with Crippen molar-refractivity contribution in [3.8, 4) is 34.0 Å². The molecule has 1 aliphatic heterocycles. The maximum Gasteiger partial charge on any atom is 0.212 e. The molecule has 4 aromatic rings. The van der Waals surface area contributed by atoms with Crippen molar-refractivity contribution < 1.29 is 9.47 Å². The molecule has 2 heterocycles. The van der Waals surface area contributed by atoms with Gasteiger partial charge in [0.15, 0.2) is 17.3 Å². The van der Waals surface area contributed by atoms with E-state index in [2.05, 4.69) is 46.6 Å². The highest BCUT2D eigenvalue weighted by molar-refractivity contribution is 7.99. The lowest BCUT2D eigenvalue weighted by atomic mass is 10.0. The molecule has 5 rings (SSSR count). The molecule has 0 unspecified atom stereocenters. The van der Waals surface area contributed by atoms with Gasteiger partial charge in [-0.1, -0.05) is 66.4 Å². The van der Waals surface area contributed by atoms with Crippen LogP contribution in [0.25, 0.3) is 22.5 Å². The Morgan fingerprint density at radius 2 is 1.42 bits per heavy atom. The zero-order valence-corrected chi connectivity index (χ0v) is 18.0. The van der Waals surface area contributed by atoms with Gasteiger partial charge in [0.25, 0.3) is 0 Å². The first-order valence-electron chi connectivity index (χ1n) is 9.81. The van der Waals surface area contributed by atoms with Gasteiger partial charge in [-0.2, -0.15) is 9.78 Å². The first-order chi connectivity index (χ1) is 15.3. The molecule has 6 nitrogen and oxygen atoms in total. The molecule has 0 saturated carbocycles. The van der Waals surface area contributed by atoms with E-state index in [4.69, 9.17) is 14.6 Å². The smallest absolute Gasteiger partial charge is 0.212 e. The van der Waals surface area contributed by atoms with Gasteiger partial charge in [0.05, 0.1) is 19.9 Å². The summed E-state index contributed by atoms with van der Waals surface area (Å²) in [6.45, 7) is 0. The summed E-state index contributed by atoms with van der Waals surface area (Å²) in [5.41, 5.74) is 5.32. The zero-order chi connectivity index (χ0) is 21.2. The van der Waals surface area contributed by atoms with Gasteiger partial charge in [0, 0.05) is 11.3 Å². The van der Waals surface area contributed by atoms with Crippen LogP contribution >= 0.6 is 11.8 Å². The van der Waals surface area contributed by atoms with Gasteiger partial charge in [0.1, 0.15) is 0 Å². The largest absolute Gasteiger partial charge is 0.493 e. The van der Waals surface area contributed by atoms with Crippen LogP contribution in [0.5, 0.6) is 11.5 Å². The third kappa shape index (κ3) is 3.68. The number of rotatable bonds is 5. The number of thioether (sulfide) groups is 1. The van der Waals surface area contributed by atoms with Gasteiger partial charge < -0.3 is 9.47 Å². The quantitative estimate of drug-likeness (QED) is 0.448. The summed E-state index contributed by atoms with van der Waals surface area (Å²) in [5.74, 6) is 2.72. The van der Waals surface area contributed by atoms with Crippen LogP contribution in [0.4, 0.5) is 0 Å². The molecule has 3 aromatic carbocycles. The summed E-state index contributed by atoms with van der Waals surface area (Å²) >= 11 is 1.63. The predicted octanol–water partition coefficient (Wildman–Crippen LogP) is 4.99. The lowest BCUT2D eigenvalue weighted by molar-refractivity contribution is 0.355. The third-order valence-corrected chi connectivity index (χ3v) is 6.07. The molecule has 0 saturated heterocycles. The molecule has 1 aromatic heterocycles. The Morgan fingerprint density at radius 1 is 0.742 bits per heavy atom. The fourth-order valence-electron chi connectivity index (χ4n) is 3.51. The summed E-state index contributed by atoms with van der Waals surface area (Å²) in [5, 5.41) is 14.3. The number of hydrogen-bond donors (Lipinski definition) is 0. The highest BCUT2D eigenvalue weighted by Gasteiger charge is 2.21. The van der Waals surface area contributed by atoms with E-state index in [1.165, 1.54) is 11.1 Å². The van der Waals surface area contributed by atoms with Crippen molar-refractivity contribution in [1.82, 2.24) is 14.9 Å². The molecule has 0 spiro atoms. The van der Waals surface area contributed by atoms with Crippen LogP contribution in [0, 0.1) is 0 Å². The molecule has 7 heteroatoms. The van der Waals surface area contributed by atoms with Crippen molar-refractivity contribution in [2.45, 2.75) is 5.16 Å². The highest BCUT2D eigenvalue weighted by Crippen LogP contribution is 2.34. The van der Waals surface area contributed by atoms with Gasteiger partial charge in [-0.25, -0.2) is 0 Å². The molecule has 0 amide bonds. The molecule has 0 fully saturated rings. The number of benzene rings is 3. The van der Waals surface area contributed by atoms with E-state index in [0.717, 1.165) is 27.7 Å². The lowest BCUT2D eigenvalue weighted by Gasteiger charge is -2.15. The van der Waals surface area contributed by atoms with Gasteiger partial charge in [0.2, 0.25) is 5.16 Å². The SMILES string of the molecule is COc1ccc(-c2nnc3n2N=C(c2ccc(-c4ccccc4)cc2)CS3)cc1OC. The zero-order valence-electron chi connectivity index (χ0n) is 17.1. The average Bonchev–Trinajstić information content (AvgIpc) is 3.27. The fourth-order valence-corrected chi connectivity index (χ4v) is 4.35. The molecule has 0 bridgehead atoms. The predicted molar refractivity (Wildman–Crippen MR) is 123 cm³/mol. The van der Waals surface area contributed by atoms with E-state index in [9.17, 15) is 0 Å². The second-order valence-corrected chi connectivity index (χ2v) is 7.91. The minimum absolute atomic E-state index is 0.640. The molecule has 1 aliphatic rings. The van der Waals surface area contributed by atoms with Crippen molar-refractivity contribution in [3.63, 3.8) is 0 Å². The monoisotopic (exact) mass is 428 g/mol.